The summed E-state index contributed by atoms with van der Waals surface area (Å²) in [5.41, 5.74) is 9.27. The fraction of sp³-hybridized carbons (Fsp3) is 0.290. The van der Waals surface area contributed by atoms with Crippen molar-refractivity contribution in [3.8, 4) is 18.1 Å². The van der Waals surface area contributed by atoms with Gasteiger partial charge in [0, 0.05) is 17.7 Å². The molecule has 0 spiro atoms. The summed E-state index contributed by atoms with van der Waals surface area (Å²) in [6, 6.07) is 21.0. The van der Waals surface area contributed by atoms with E-state index in [2.05, 4.69) is 11.2 Å². The lowest BCUT2D eigenvalue weighted by Crippen LogP contribution is -2.45. The van der Waals surface area contributed by atoms with Gasteiger partial charge in [-0.05, 0) is 86.6 Å². The number of hydrogen-bond acceptors (Lipinski definition) is 5. The Bertz CT molecular complexity index is 1240. The summed E-state index contributed by atoms with van der Waals surface area (Å²) in [5, 5.41) is 12.3. The third kappa shape index (κ3) is 8.43. The summed E-state index contributed by atoms with van der Waals surface area (Å²) in [4.78, 5) is 26.3. The van der Waals surface area contributed by atoms with Gasteiger partial charge in [0.1, 0.15) is 17.4 Å². The monoisotopic (exact) mass is 498 g/mol. The van der Waals surface area contributed by atoms with Gasteiger partial charge in [0.25, 0.3) is 5.91 Å². The zero-order chi connectivity index (χ0) is 26.8. The molecule has 4 N–H and O–H groups in total. The molecule has 0 unspecified atom stereocenters. The lowest BCUT2D eigenvalue weighted by Gasteiger charge is -2.26. The van der Waals surface area contributed by atoms with Crippen molar-refractivity contribution in [1.29, 1.82) is 0 Å². The second kappa shape index (κ2) is 12.6. The van der Waals surface area contributed by atoms with Gasteiger partial charge in [-0.3, -0.25) is 4.79 Å². The Kier molecular flexibility index (Phi) is 9.34. The van der Waals surface area contributed by atoms with E-state index in [4.69, 9.17) is 16.9 Å². The predicted molar refractivity (Wildman–Crippen MR) is 146 cm³/mol. The topological polar surface area (TPSA) is 102 Å². The molecule has 0 aliphatic heterocycles. The second-order valence-corrected chi connectivity index (χ2v) is 9.69. The number of hydrogen-bond donors (Lipinski definition) is 3. The lowest BCUT2D eigenvalue weighted by molar-refractivity contribution is -0.158. The molecule has 0 aromatic heterocycles. The summed E-state index contributed by atoms with van der Waals surface area (Å²) in [5.74, 6) is 1.84. The SMILES string of the molecule is C#CCC(C)(C)OC(=O)[C@H](CCc1ccccc1)NC(=O)c1ccc(N)c(CCc2ccc(O)cc2)c1. The van der Waals surface area contributed by atoms with Crippen LogP contribution < -0.4 is 11.1 Å². The maximum absolute atomic E-state index is 13.2. The number of phenols is 1. The molecule has 3 aromatic carbocycles. The highest BCUT2D eigenvalue weighted by molar-refractivity contribution is 5.97. The van der Waals surface area contributed by atoms with Crippen LogP contribution in [0.3, 0.4) is 0 Å². The molecule has 6 heteroatoms. The minimum atomic E-state index is -0.845. The van der Waals surface area contributed by atoms with Crippen molar-refractivity contribution in [2.75, 3.05) is 5.73 Å². The van der Waals surface area contributed by atoms with Gasteiger partial charge in [-0.1, -0.05) is 42.5 Å². The van der Waals surface area contributed by atoms with Gasteiger partial charge in [0.2, 0.25) is 0 Å². The van der Waals surface area contributed by atoms with E-state index in [1.807, 2.05) is 42.5 Å². The number of phenolic OH excluding ortho intramolecular Hbond substituents is 1. The van der Waals surface area contributed by atoms with Gasteiger partial charge in [0.15, 0.2) is 0 Å². The molecule has 3 rings (SSSR count). The molecule has 0 radical (unpaired) electrons. The average Bonchev–Trinajstić information content (AvgIpc) is 2.87. The molecular weight excluding hydrogens is 464 g/mol. The van der Waals surface area contributed by atoms with Crippen molar-refractivity contribution < 1.29 is 19.4 Å². The summed E-state index contributed by atoms with van der Waals surface area (Å²) < 4.78 is 5.67. The summed E-state index contributed by atoms with van der Waals surface area (Å²) >= 11 is 0. The first-order valence-electron chi connectivity index (χ1n) is 12.3. The van der Waals surface area contributed by atoms with Crippen LogP contribution in [-0.2, 0) is 28.8 Å². The molecule has 3 aromatic rings. The number of ether oxygens (including phenoxy) is 1. The highest BCUT2D eigenvalue weighted by atomic mass is 16.6. The predicted octanol–water partition coefficient (Wildman–Crippen LogP) is 4.84. The van der Waals surface area contributed by atoms with E-state index in [1.54, 1.807) is 44.2 Å². The Morgan fingerprint density at radius 1 is 1.00 bits per heavy atom. The molecule has 37 heavy (non-hydrogen) atoms. The number of nitrogens with two attached hydrogens (primary N) is 1. The van der Waals surface area contributed by atoms with Gasteiger partial charge in [-0.25, -0.2) is 4.79 Å². The molecule has 192 valence electrons. The number of terminal acetylenes is 1. The third-order valence-electron chi connectivity index (χ3n) is 6.08. The first-order valence-corrected chi connectivity index (χ1v) is 12.3. The van der Waals surface area contributed by atoms with Crippen molar-refractivity contribution in [2.24, 2.45) is 0 Å². The average molecular weight is 499 g/mol. The Balaban J connectivity index is 1.73. The maximum Gasteiger partial charge on any atom is 0.329 e. The fourth-order valence-electron chi connectivity index (χ4n) is 3.98. The Morgan fingerprint density at radius 2 is 1.68 bits per heavy atom. The Morgan fingerprint density at radius 3 is 2.35 bits per heavy atom. The minimum Gasteiger partial charge on any atom is -0.508 e. The molecule has 1 amide bonds. The van der Waals surface area contributed by atoms with E-state index in [0.717, 1.165) is 16.7 Å². The molecule has 0 aliphatic carbocycles. The normalized spacial score (nSPS) is 11.8. The molecule has 0 fully saturated rings. The van der Waals surface area contributed by atoms with Gasteiger partial charge >= 0.3 is 5.97 Å². The fourth-order valence-corrected chi connectivity index (χ4v) is 3.98. The number of aryl methyl sites for hydroxylation is 3. The second-order valence-electron chi connectivity index (χ2n) is 9.69. The largest absolute Gasteiger partial charge is 0.508 e. The number of esters is 1. The number of benzene rings is 3. The molecule has 0 aliphatic rings. The molecule has 0 heterocycles. The van der Waals surface area contributed by atoms with E-state index < -0.39 is 17.6 Å². The smallest absolute Gasteiger partial charge is 0.329 e. The number of nitrogens with one attached hydrogen (secondary N) is 1. The first kappa shape index (κ1) is 27.3. The maximum atomic E-state index is 13.2. The molecule has 0 saturated carbocycles. The van der Waals surface area contributed by atoms with E-state index >= 15 is 0 Å². The zero-order valence-corrected chi connectivity index (χ0v) is 21.4. The van der Waals surface area contributed by atoms with Crippen molar-refractivity contribution in [3.05, 3.63) is 95.1 Å². The van der Waals surface area contributed by atoms with Crippen LogP contribution in [0.1, 0.15) is 53.7 Å². The van der Waals surface area contributed by atoms with Gasteiger partial charge in [-0.15, -0.1) is 12.3 Å². The van der Waals surface area contributed by atoms with Gasteiger partial charge < -0.3 is 20.9 Å². The van der Waals surface area contributed by atoms with E-state index in [-0.39, 0.29) is 18.1 Å². The minimum absolute atomic E-state index is 0.213. The van der Waals surface area contributed by atoms with Crippen LogP contribution in [0.5, 0.6) is 5.75 Å². The summed E-state index contributed by atoms with van der Waals surface area (Å²) in [7, 11) is 0. The van der Waals surface area contributed by atoms with Crippen LogP contribution in [-0.4, -0.2) is 28.6 Å². The van der Waals surface area contributed by atoms with E-state index in [0.29, 0.717) is 36.9 Å². The van der Waals surface area contributed by atoms with Crippen molar-refractivity contribution in [3.63, 3.8) is 0 Å². The van der Waals surface area contributed by atoms with Crippen molar-refractivity contribution in [2.45, 2.75) is 57.6 Å². The number of carbonyl (C=O) groups is 2. The molecule has 0 saturated heterocycles. The zero-order valence-electron chi connectivity index (χ0n) is 21.4. The van der Waals surface area contributed by atoms with Gasteiger partial charge in [0.05, 0.1) is 0 Å². The number of amides is 1. The summed E-state index contributed by atoms with van der Waals surface area (Å²) in [6.45, 7) is 3.50. The van der Waals surface area contributed by atoms with Crippen molar-refractivity contribution in [1.82, 2.24) is 5.32 Å². The standard InChI is InChI=1S/C31H34N2O4/c1-4-20-31(2,3)37-30(36)28(19-13-22-8-6-5-7-9-22)33-29(35)25-15-18-27(32)24(21-25)14-10-23-11-16-26(34)17-12-23/h1,5-9,11-12,15-18,21,28,34H,10,13-14,19-20,32H2,2-3H3,(H,33,35)/t28-/m0/s1. The van der Waals surface area contributed by atoms with Crippen molar-refractivity contribution >= 4 is 17.6 Å². The van der Waals surface area contributed by atoms with E-state index in [1.165, 1.54) is 0 Å². The Labute approximate surface area is 218 Å². The highest BCUT2D eigenvalue weighted by Crippen LogP contribution is 2.20. The van der Waals surface area contributed by atoms with Crippen LogP contribution >= 0.6 is 0 Å². The molecule has 0 bridgehead atoms. The number of carbonyl (C=O) groups excluding carboxylic acids is 2. The number of nitrogen functional groups attached to an aromatic ring is 1. The van der Waals surface area contributed by atoms with Crippen LogP contribution in [0.2, 0.25) is 0 Å². The number of anilines is 1. The number of rotatable bonds is 11. The molecule has 6 nitrogen and oxygen atoms in total. The molecule has 1 atom stereocenters. The molecular formula is C31H34N2O4. The quantitative estimate of drug-likeness (QED) is 0.200. The summed E-state index contributed by atoms with van der Waals surface area (Å²) in [6.07, 6.45) is 7.98. The van der Waals surface area contributed by atoms with Crippen LogP contribution in [0.4, 0.5) is 5.69 Å². The first-order chi connectivity index (χ1) is 17.7. The lowest BCUT2D eigenvalue weighted by atomic mass is 10.00. The van der Waals surface area contributed by atoms with Gasteiger partial charge in [-0.2, -0.15) is 0 Å². The third-order valence-corrected chi connectivity index (χ3v) is 6.08. The van der Waals surface area contributed by atoms with Crippen LogP contribution in [0, 0.1) is 12.3 Å². The van der Waals surface area contributed by atoms with Crippen LogP contribution in [0.15, 0.2) is 72.8 Å². The highest BCUT2D eigenvalue weighted by Gasteiger charge is 2.29. The number of aromatic hydroxyl groups is 1. The Hall–Kier alpha value is -4.24. The van der Waals surface area contributed by atoms with Crippen LogP contribution in [0.25, 0.3) is 0 Å². The van der Waals surface area contributed by atoms with E-state index in [9.17, 15) is 14.7 Å².